The minimum absolute atomic E-state index is 0.0106. The predicted molar refractivity (Wildman–Crippen MR) is 88.5 cm³/mol. The van der Waals surface area contributed by atoms with Gasteiger partial charge in [0.1, 0.15) is 5.56 Å². The molecule has 1 N–H and O–H groups in total. The van der Waals surface area contributed by atoms with Crippen LogP contribution in [0.4, 0.5) is 11.5 Å². The molecule has 1 atom stereocenters. The normalized spacial score (nSPS) is 16.3. The maximum Gasteiger partial charge on any atom is 0.345 e. The van der Waals surface area contributed by atoms with Gasteiger partial charge in [-0.25, -0.2) is 14.8 Å². The predicted octanol–water partition coefficient (Wildman–Crippen LogP) is 2.51. The number of ether oxygens (including phenoxy) is 1. The summed E-state index contributed by atoms with van der Waals surface area (Å²) in [7, 11) is 1.20. The third kappa shape index (κ3) is 3.07. The summed E-state index contributed by atoms with van der Waals surface area (Å²) >= 11 is 1.59. The molecule has 0 bridgehead atoms. The highest BCUT2D eigenvalue weighted by molar-refractivity contribution is 7.09. The van der Waals surface area contributed by atoms with E-state index in [2.05, 4.69) is 20.0 Å². The molecule has 0 unspecified atom stereocenters. The van der Waals surface area contributed by atoms with E-state index in [4.69, 9.17) is 0 Å². The maximum atomic E-state index is 11.9. The van der Waals surface area contributed by atoms with Crippen molar-refractivity contribution in [2.45, 2.75) is 32.2 Å². The minimum Gasteiger partial charge on any atom is -0.465 e. The number of hydrogen-bond donors (Lipinski definition) is 1. The Morgan fingerprint density at radius 2 is 2.33 bits per heavy atom. The molecule has 2 aromatic rings. The number of thiazole rings is 1. The number of nitrogens with one attached hydrogen (secondary N) is 1. The van der Waals surface area contributed by atoms with E-state index in [1.165, 1.54) is 18.1 Å². The molecule has 0 saturated heterocycles. The van der Waals surface area contributed by atoms with Crippen LogP contribution in [0.15, 0.2) is 11.6 Å². The van der Waals surface area contributed by atoms with Crippen molar-refractivity contribution in [1.82, 2.24) is 9.97 Å². The number of carbonyl (C=O) groups excluding carboxylic acids is 1. The van der Waals surface area contributed by atoms with Crippen molar-refractivity contribution in [3.63, 3.8) is 0 Å². The van der Waals surface area contributed by atoms with E-state index >= 15 is 0 Å². The Morgan fingerprint density at radius 3 is 3.04 bits per heavy atom. The number of hydrogen-bond acceptors (Lipinski definition) is 8. The first-order valence-corrected chi connectivity index (χ1v) is 8.29. The van der Waals surface area contributed by atoms with Crippen molar-refractivity contribution < 1.29 is 14.5 Å². The number of anilines is 1. The molecule has 8 nitrogen and oxygen atoms in total. The average Bonchev–Trinajstić information content (AvgIpc) is 3.00. The van der Waals surface area contributed by atoms with Crippen LogP contribution in [0.5, 0.6) is 0 Å². The molecular formula is C15H16N4O4S. The number of rotatable bonds is 4. The highest BCUT2D eigenvalue weighted by atomic mass is 32.1. The average molecular weight is 348 g/mol. The van der Waals surface area contributed by atoms with Gasteiger partial charge in [0, 0.05) is 23.0 Å². The number of fused-ring (bicyclic) bond motifs is 1. The molecular weight excluding hydrogens is 332 g/mol. The van der Waals surface area contributed by atoms with Gasteiger partial charge in [0.2, 0.25) is 5.82 Å². The second-order valence-corrected chi connectivity index (χ2v) is 6.50. The standard InChI is InChI=1S/C15H16N4O4S/c1-8-5-10(15(20)23-2)13(19(21)22)14(17-8)18-9-3-4-11-12(6-9)24-7-16-11/h5,7,9H,3-4,6H2,1-2H3,(H,17,18)/t9-/m0/s1. The summed E-state index contributed by atoms with van der Waals surface area (Å²) in [4.78, 5) is 32.5. The van der Waals surface area contributed by atoms with Crippen LogP contribution < -0.4 is 5.32 Å². The lowest BCUT2D eigenvalue weighted by Gasteiger charge is -2.23. The van der Waals surface area contributed by atoms with Gasteiger partial charge < -0.3 is 10.1 Å². The Bertz CT molecular complexity index is 805. The van der Waals surface area contributed by atoms with Crippen LogP contribution in [-0.2, 0) is 17.6 Å². The highest BCUT2D eigenvalue weighted by Gasteiger charge is 2.30. The molecule has 0 aliphatic heterocycles. The van der Waals surface area contributed by atoms with E-state index in [9.17, 15) is 14.9 Å². The van der Waals surface area contributed by atoms with Gasteiger partial charge in [-0.3, -0.25) is 10.1 Å². The van der Waals surface area contributed by atoms with Crippen LogP contribution in [0.25, 0.3) is 0 Å². The highest BCUT2D eigenvalue weighted by Crippen LogP contribution is 2.31. The number of carbonyl (C=O) groups is 1. The van der Waals surface area contributed by atoms with Crippen molar-refractivity contribution >= 4 is 28.8 Å². The number of esters is 1. The van der Waals surface area contributed by atoms with Gasteiger partial charge in [-0.1, -0.05) is 0 Å². The summed E-state index contributed by atoms with van der Waals surface area (Å²) in [5.41, 5.74) is 2.99. The Kier molecular flexibility index (Phi) is 4.43. The van der Waals surface area contributed by atoms with E-state index in [1.54, 1.807) is 18.3 Å². The molecule has 24 heavy (non-hydrogen) atoms. The van der Waals surface area contributed by atoms with Crippen LogP contribution in [0.2, 0.25) is 0 Å². The number of methoxy groups -OCH3 is 1. The summed E-state index contributed by atoms with van der Waals surface area (Å²) in [6, 6.07) is 1.38. The molecule has 0 spiro atoms. The monoisotopic (exact) mass is 348 g/mol. The van der Waals surface area contributed by atoms with Crippen molar-refractivity contribution in [2.24, 2.45) is 0 Å². The van der Waals surface area contributed by atoms with Gasteiger partial charge >= 0.3 is 11.7 Å². The minimum atomic E-state index is -0.747. The van der Waals surface area contributed by atoms with Gasteiger partial charge in [0.05, 0.1) is 23.2 Å². The van der Waals surface area contributed by atoms with Crippen molar-refractivity contribution in [2.75, 3.05) is 12.4 Å². The van der Waals surface area contributed by atoms with E-state index in [0.29, 0.717) is 5.69 Å². The third-order valence-electron chi connectivity index (χ3n) is 3.94. The molecule has 2 heterocycles. The lowest BCUT2D eigenvalue weighted by Crippen LogP contribution is -2.28. The summed E-state index contributed by atoms with van der Waals surface area (Å²) in [6.07, 6.45) is 2.36. The zero-order valence-corrected chi connectivity index (χ0v) is 14.1. The van der Waals surface area contributed by atoms with Crippen molar-refractivity contribution in [1.29, 1.82) is 0 Å². The van der Waals surface area contributed by atoms with Crippen molar-refractivity contribution in [3.8, 4) is 0 Å². The second kappa shape index (κ2) is 6.52. The van der Waals surface area contributed by atoms with E-state index in [1.807, 2.05) is 5.51 Å². The van der Waals surface area contributed by atoms with Crippen LogP contribution in [0, 0.1) is 17.0 Å². The summed E-state index contributed by atoms with van der Waals surface area (Å²) in [5, 5.41) is 14.6. The molecule has 3 rings (SSSR count). The smallest absolute Gasteiger partial charge is 0.345 e. The topological polar surface area (TPSA) is 107 Å². The number of aryl methyl sites for hydroxylation is 2. The molecule has 1 aliphatic rings. The third-order valence-corrected chi connectivity index (χ3v) is 4.83. The van der Waals surface area contributed by atoms with Crippen LogP contribution >= 0.6 is 11.3 Å². The summed E-state index contributed by atoms with van der Waals surface area (Å²) in [6.45, 7) is 1.68. The molecule has 2 aromatic heterocycles. The molecule has 0 aromatic carbocycles. The fourth-order valence-electron chi connectivity index (χ4n) is 2.83. The van der Waals surface area contributed by atoms with Gasteiger partial charge in [0.15, 0.2) is 0 Å². The molecule has 1 aliphatic carbocycles. The van der Waals surface area contributed by atoms with Crippen LogP contribution in [-0.4, -0.2) is 34.0 Å². The molecule has 126 valence electrons. The lowest BCUT2D eigenvalue weighted by atomic mass is 9.97. The zero-order chi connectivity index (χ0) is 17.3. The van der Waals surface area contributed by atoms with Gasteiger partial charge in [-0.05, 0) is 25.8 Å². The molecule has 9 heteroatoms. The van der Waals surface area contributed by atoms with Crippen LogP contribution in [0.3, 0.4) is 0 Å². The largest absolute Gasteiger partial charge is 0.465 e. The van der Waals surface area contributed by atoms with Crippen LogP contribution in [0.1, 0.15) is 33.0 Å². The summed E-state index contributed by atoms with van der Waals surface area (Å²) < 4.78 is 4.66. The Hall–Kier alpha value is -2.55. The fraction of sp³-hybridized carbons (Fsp3) is 0.400. The Balaban J connectivity index is 1.94. The molecule has 0 amide bonds. The van der Waals surface area contributed by atoms with E-state index in [-0.39, 0.29) is 23.1 Å². The Labute approximate surface area is 142 Å². The van der Waals surface area contributed by atoms with Gasteiger partial charge in [-0.2, -0.15) is 0 Å². The van der Waals surface area contributed by atoms with E-state index in [0.717, 1.165) is 25.0 Å². The Morgan fingerprint density at radius 1 is 1.54 bits per heavy atom. The van der Waals surface area contributed by atoms with Gasteiger partial charge in [-0.15, -0.1) is 11.3 Å². The number of nitrogens with zero attached hydrogens (tertiary/aromatic N) is 3. The fourth-order valence-corrected chi connectivity index (χ4v) is 3.73. The summed E-state index contributed by atoms with van der Waals surface area (Å²) in [5.74, 6) is -0.637. The number of aromatic nitrogens is 2. The molecule has 0 radical (unpaired) electrons. The molecule has 0 fully saturated rings. The first kappa shape index (κ1) is 16.3. The van der Waals surface area contributed by atoms with E-state index < -0.39 is 10.9 Å². The number of pyridine rings is 1. The second-order valence-electron chi connectivity index (χ2n) is 5.56. The quantitative estimate of drug-likeness (QED) is 0.514. The first-order chi connectivity index (χ1) is 11.5. The maximum absolute atomic E-state index is 11.9. The number of nitro groups is 1. The SMILES string of the molecule is COC(=O)c1cc(C)nc(N[C@H]2CCc3ncsc3C2)c1[N+](=O)[O-]. The van der Waals surface area contributed by atoms with Gasteiger partial charge in [0.25, 0.3) is 0 Å². The first-order valence-electron chi connectivity index (χ1n) is 7.41. The zero-order valence-electron chi connectivity index (χ0n) is 13.2. The van der Waals surface area contributed by atoms with Crippen molar-refractivity contribution in [3.05, 3.63) is 43.5 Å². The lowest BCUT2D eigenvalue weighted by molar-refractivity contribution is -0.384. The molecule has 0 saturated carbocycles.